The third-order valence-corrected chi connectivity index (χ3v) is 4.95. The quantitative estimate of drug-likeness (QED) is 0.797. The standard InChI is InChI=1S/C19H22N4O6/c1-10(24)23-14(12-7-6-11(28-4)8-15(12)29-5)9-13(20-23)16-17(25)21(2)19(27)22(3)18(16)26/h6-8,14,25H,9H2,1-5H3. The lowest BCUT2D eigenvalue weighted by molar-refractivity contribution is -0.130. The molecule has 0 saturated carbocycles. The Hall–Kier alpha value is -3.56. The Kier molecular flexibility index (Phi) is 5.19. The Morgan fingerprint density at radius 2 is 1.86 bits per heavy atom. The van der Waals surface area contributed by atoms with Crippen LogP contribution in [-0.2, 0) is 18.9 Å². The van der Waals surface area contributed by atoms with Crippen LogP contribution in [0.5, 0.6) is 17.4 Å². The number of methoxy groups -OCH3 is 2. The van der Waals surface area contributed by atoms with Gasteiger partial charge in [-0.2, -0.15) is 5.10 Å². The first kappa shape index (κ1) is 20.2. The lowest BCUT2D eigenvalue weighted by Gasteiger charge is -2.22. The van der Waals surface area contributed by atoms with E-state index in [0.29, 0.717) is 17.1 Å². The van der Waals surface area contributed by atoms with Gasteiger partial charge in [0.2, 0.25) is 11.8 Å². The summed E-state index contributed by atoms with van der Waals surface area (Å²) in [4.78, 5) is 36.9. The highest BCUT2D eigenvalue weighted by Gasteiger charge is 2.36. The number of nitrogens with zero attached hydrogens (tertiary/aromatic N) is 4. The second-order valence-corrected chi connectivity index (χ2v) is 6.64. The minimum Gasteiger partial charge on any atom is -0.497 e. The van der Waals surface area contributed by atoms with E-state index in [1.54, 1.807) is 18.2 Å². The number of aromatic hydroxyl groups is 1. The Morgan fingerprint density at radius 1 is 1.17 bits per heavy atom. The summed E-state index contributed by atoms with van der Waals surface area (Å²) in [6, 6.07) is 4.63. The van der Waals surface area contributed by atoms with Crippen LogP contribution in [-0.4, -0.2) is 45.1 Å². The molecule has 0 bridgehead atoms. The normalized spacial score (nSPS) is 16.0. The fourth-order valence-electron chi connectivity index (χ4n) is 3.37. The van der Waals surface area contributed by atoms with Crippen LogP contribution in [0.4, 0.5) is 0 Å². The van der Waals surface area contributed by atoms with Crippen LogP contribution in [0.1, 0.15) is 30.5 Å². The average molecular weight is 402 g/mol. The van der Waals surface area contributed by atoms with E-state index in [1.165, 1.54) is 40.2 Å². The molecular formula is C19H22N4O6. The van der Waals surface area contributed by atoms with Gasteiger partial charge in [-0.15, -0.1) is 0 Å². The van der Waals surface area contributed by atoms with Crippen molar-refractivity contribution in [2.45, 2.75) is 19.4 Å². The first-order valence-corrected chi connectivity index (χ1v) is 8.79. The molecule has 1 aromatic carbocycles. The second-order valence-electron chi connectivity index (χ2n) is 6.64. The van der Waals surface area contributed by atoms with Gasteiger partial charge in [-0.25, -0.2) is 9.80 Å². The van der Waals surface area contributed by atoms with Crippen molar-refractivity contribution < 1.29 is 19.4 Å². The summed E-state index contributed by atoms with van der Waals surface area (Å²) in [7, 11) is 5.70. The molecule has 2 heterocycles. The molecule has 1 unspecified atom stereocenters. The van der Waals surface area contributed by atoms with Gasteiger partial charge in [0.25, 0.3) is 5.56 Å². The van der Waals surface area contributed by atoms with E-state index >= 15 is 0 Å². The maximum atomic E-state index is 12.6. The second kappa shape index (κ2) is 7.46. The molecular weight excluding hydrogens is 380 g/mol. The molecule has 154 valence electrons. The molecule has 10 heteroatoms. The average Bonchev–Trinajstić information content (AvgIpc) is 3.15. The number of carbonyl (C=O) groups is 1. The number of carbonyl (C=O) groups excluding carboxylic acids is 1. The SMILES string of the molecule is COc1ccc(C2CC(c3c(O)n(C)c(=O)n(C)c3=O)=NN2C(C)=O)c(OC)c1. The molecule has 1 atom stereocenters. The predicted octanol–water partition coefficient (Wildman–Crippen LogP) is 0.504. The molecule has 0 fully saturated rings. The number of rotatable bonds is 4. The zero-order chi connectivity index (χ0) is 21.5. The smallest absolute Gasteiger partial charge is 0.333 e. The number of aromatic nitrogens is 2. The van der Waals surface area contributed by atoms with E-state index in [4.69, 9.17) is 9.47 Å². The Labute approximate surface area is 166 Å². The molecule has 0 radical (unpaired) electrons. The topological polar surface area (TPSA) is 115 Å². The fourth-order valence-corrected chi connectivity index (χ4v) is 3.37. The summed E-state index contributed by atoms with van der Waals surface area (Å²) < 4.78 is 12.5. The minimum atomic E-state index is -0.685. The van der Waals surface area contributed by atoms with Gasteiger partial charge in [0.1, 0.15) is 17.1 Å². The van der Waals surface area contributed by atoms with E-state index < -0.39 is 23.2 Å². The Balaban J connectivity index is 2.14. The fraction of sp³-hybridized carbons (Fsp3) is 0.368. The zero-order valence-corrected chi connectivity index (χ0v) is 16.8. The number of hydrazone groups is 1. The van der Waals surface area contributed by atoms with Crippen LogP contribution in [0.2, 0.25) is 0 Å². The van der Waals surface area contributed by atoms with Gasteiger partial charge >= 0.3 is 5.69 Å². The summed E-state index contributed by atoms with van der Waals surface area (Å²) in [5.74, 6) is 0.241. The molecule has 1 N–H and O–H groups in total. The number of benzene rings is 1. The molecule has 1 aliphatic heterocycles. The molecule has 0 aliphatic carbocycles. The van der Waals surface area contributed by atoms with Gasteiger partial charge in [-0.05, 0) is 12.1 Å². The number of hydrogen-bond donors (Lipinski definition) is 1. The summed E-state index contributed by atoms with van der Waals surface area (Å²) in [6.07, 6.45) is 0.156. The van der Waals surface area contributed by atoms with Crippen molar-refractivity contribution in [1.82, 2.24) is 14.1 Å². The number of hydrogen-bond acceptors (Lipinski definition) is 7. The summed E-state index contributed by atoms with van der Waals surface area (Å²) >= 11 is 0. The van der Waals surface area contributed by atoms with Crippen LogP contribution < -0.4 is 20.7 Å². The van der Waals surface area contributed by atoms with Gasteiger partial charge in [0, 0.05) is 39.1 Å². The van der Waals surface area contributed by atoms with Crippen molar-refractivity contribution in [3.05, 3.63) is 50.2 Å². The van der Waals surface area contributed by atoms with Crippen molar-refractivity contribution in [3.8, 4) is 17.4 Å². The van der Waals surface area contributed by atoms with Gasteiger partial charge in [0.05, 0.1) is 26.0 Å². The molecule has 2 aromatic rings. The van der Waals surface area contributed by atoms with E-state index in [0.717, 1.165) is 9.13 Å². The molecule has 0 spiro atoms. The summed E-state index contributed by atoms with van der Waals surface area (Å²) in [5.41, 5.74) is -0.585. The lowest BCUT2D eigenvalue weighted by atomic mass is 9.98. The monoisotopic (exact) mass is 402 g/mol. The van der Waals surface area contributed by atoms with E-state index in [9.17, 15) is 19.5 Å². The van der Waals surface area contributed by atoms with Gasteiger partial charge < -0.3 is 14.6 Å². The number of amides is 1. The Bertz CT molecular complexity index is 1130. The maximum absolute atomic E-state index is 12.6. The van der Waals surface area contributed by atoms with Crippen LogP contribution in [0, 0.1) is 0 Å². The van der Waals surface area contributed by atoms with Crippen molar-refractivity contribution in [2.75, 3.05) is 14.2 Å². The molecule has 3 rings (SSSR count). The number of ether oxygens (including phenoxy) is 2. The first-order valence-electron chi connectivity index (χ1n) is 8.79. The van der Waals surface area contributed by atoms with Gasteiger partial charge in [-0.3, -0.25) is 18.7 Å². The van der Waals surface area contributed by atoms with E-state index in [1.807, 2.05) is 0 Å². The van der Waals surface area contributed by atoms with E-state index in [2.05, 4.69) is 5.10 Å². The van der Waals surface area contributed by atoms with Crippen LogP contribution in [0.15, 0.2) is 32.9 Å². The minimum absolute atomic E-state index is 0.115. The Morgan fingerprint density at radius 3 is 2.45 bits per heavy atom. The molecule has 1 amide bonds. The zero-order valence-electron chi connectivity index (χ0n) is 16.8. The lowest BCUT2D eigenvalue weighted by Crippen LogP contribution is -2.39. The van der Waals surface area contributed by atoms with Crippen molar-refractivity contribution in [2.24, 2.45) is 19.2 Å². The highest BCUT2D eigenvalue weighted by molar-refractivity contribution is 6.04. The van der Waals surface area contributed by atoms with Crippen molar-refractivity contribution in [1.29, 1.82) is 0 Å². The maximum Gasteiger partial charge on any atom is 0.333 e. The largest absolute Gasteiger partial charge is 0.497 e. The highest BCUT2D eigenvalue weighted by Crippen LogP contribution is 2.39. The van der Waals surface area contributed by atoms with E-state index in [-0.39, 0.29) is 23.6 Å². The van der Waals surface area contributed by atoms with Gasteiger partial charge in [-0.1, -0.05) is 0 Å². The molecule has 1 aliphatic rings. The van der Waals surface area contributed by atoms with Crippen molar-refractivity contribution >= 4 is 11.6 Å². The van der Waals surface area contributed by atoms with Crippen molar-refractivity contribution in [3.63, 3.8) is 0 Å². The van der Waals surface area contributed by atoms with Crippen LogP contribution in [0.3, 0.4) is 0 Å². The van der Waals surface area contributed by atoms with Crippen LogP contribution >= 0.6 is 0 Å². The third kappa shape index (κ3) is 3.26. The van der Waals surface area contributed by atoms with Crippen LogP contribution in [0.25, 0.3) is 0 Å². The predicted molar refractivity (Wildman–Crippen MR) is 105 cm³/mol. The summed E-state index contributed by atoms with van der Waals surface area (Å²) in [5, 5.41) is 16.0. The molecule has 29 heavy (non-hydrogen) atoms. The molecule has 1 aromatic heterocycles. The third-order valence-electron chi connectivity index (χ3n) is 4.95. The molecule has 0 saturated heterocycles. The summed E-state index contributed by atoms with van der Waals surface area (Å²) in [6.45, 7) is 1.36. The molecule has 10 nitrogen and oxygen atoms in total. The highest BCUT2D eigenvalue weighted by atomic mass is 16.5. The van der Waals surface area contributed by atoms with Gasteiger partial charge in [0.15, 0.2) is 0 Å². The first-order chi connectivity index (χ1) is 13.7.